The van der Waals surface area contributed by atoms with Crippen molar-refractivity contribution in [3.05, 3.63) is 29.3 Å². The van der Waals surface area contributed by atoms with E-state index in [2.05, 4.69) is 15.5 Å². The molecule has 0 radical (unpaired) electrons. The molecule has 3 aliphatic rings. The van der Waals surface area contributed by atoms with Crippen molar-refractivity contribution in [2.24, 2.45) is 0 Å². The number of rotatable bonds is 3. The van der Waals surface area contributed by atoms with Crippen molar-refractivity contribution in [3.63, 3.8) is 0 Å². The summed E-state index contributed by atoms with van der Waals surface area (Å²) in [7, 11) is 0. The maximum absolute atomic E-state index is 5.92. The van der Waals surface area contributed by atoms with Crippen molar-refractivity contribution in [1.82, 2.24) is 10.2 Å². The van der Waals surface area contributed by atoms with Gasteiger partial charge in [-0.15, -0.1) is 0 Å². The van der Waals surface area contributed by atoms with E-state index in [-0.39, 0.29) is 0 Å². The van der Waals surface area contributed by atoms with E-state index in [9.17, 15) is 0 Å². The molecule has 124 valence electrons. The van der Waals surface area contributed by atoms with E-state index in [1.54, 1.807) is 0 Å². The number of nitrogens with one attached hydrogen (secondary N) is 2. The van der Waals surface area contributed by atoms with Crippen molar-refractivity contribution in [2.45, 2.75) is 69.1 Å². The Balaban J connectivity index is 1.34. The van der Waals surface area contributed by atoms with Gasteiger partial charge in [-0.05, 0) is 75.0 Å². The summed E-state index contributed by atoms with van der Waals surface area (Å²) in [6, 6.07) is 10.6. The number of thiocarbonyl (C=S) groups is 1. The first-order valence-corrected chi connectivity index (χ1v) is 9.58. The van der Waals surface area contributed by atoms with Crippen LogP contribution in [0.5, 0.6) is 0 Å². The van der Waals surface area contributed by atoms with Crippen LogP contribution in [-0.4, -0.2) is 34.2 Å². The lowest BCUT2D eigenvalue weighted by molar-refractivity contribution is 0.0209. The zero-order chi connectivity index (χ0) is 15.8. The average Bonchev–Trinajstić information content (AvgIpc) is 3.33. The number of nitrogens with zero attached hydrogens (tertiary/aromatic N) is 1. The average molecular weight is 350 g/mol. The second kappa shape index (κ2) is 6.58. The molecule has 3 nitrogen and oxygen atoms in total. The molecule has 1 aromatic rings. The van der Waals surface area contributed by atoms with Crippen LogP contribution in [-0.2, 0) is 0 Å². The van der Waals surface area contributed by atoms with Gasteiger partial charge in [0.2, 0.25) is 0 Å². The summed E-state index contributed by atoms with van der Waals surface area (Å²) in [4.78, 5) is 2.84. The van der Waals surface area contributed by atoms with E-state index >= 15 is 0 Å². The summed E-state index contributed by atoms with van der Waals surface area (Å²) in [5.41, 5.74) is 0.988. The Kier molecular flexibility index (Phi) is 4.48. The third-order valence-corrected chi connectivity index (χ3v) is 5.91. The van der Waals surface area contributed by atoms with Gasteiger partial charge in [-0.2, -0.15) is 0 Å². The summed E-state index contributed by atoms with van der Waals surface area (Å²) >= 11 is 11.4. The fourth-order valence-electron chi connectivity index (χ4n) is 4.39. The van der Waals surface area contributed by atoms with Crippen LogP contribution in [0.25, 0.3) is 0 Å². The molecule has 2 aliphatic heterocycles. The molecule has 2 bridgehead atoms. The minimum Gasteiger partial charge on any atom is -0.360 e. The largest absolute Gasteiger partial charge is 0.360 e. The third-order valence-electron chi connectivity index (χ3n) is 5.44. The fraction of sp³-hybridized carbons (Fsp3) is 0.611. The molecule has 2 heterocycles. The van der Waals surface area contributed by atoms with Crippen LogP contribution in [0.15, 0.2) is 24.3 Å². The lowest BCUT2D eigenvalue weighted by Crippen LogP contribution is -2.57. The molecule has 2 atom stereocenters. The van der Waals surface area contributed by atoms with Crippen LogP contribution >= 0.6 is 23.8 Å². The van der Waals surface area contributed by atoms with Gasteiger partial charge >= 0.3 is 0 Å². The van der Waals surface area contributed by atoms with Crippen LogP contribution < -0.4 is 10.6 Å². The Bertz CT molecular complexity index is 558. The van der Waals surface area contributed by atoms with Crippen molar-refractivity contribution in [3.8, 4) is 0 Å². The van der Waals surface area contributed by atoms with Gasteiger partial charge in [-0.25, -0.2) is 0 Å². The number of hydrogen-bond acceptors (Lipinski definition) is 2. The van der Waals surface area contributed by atoms with E-state index in [1.807, 2.05) is 24.3 Å². The standard InChI is InChI=1S/C18H24ClN3S/c19-12-4-6-13(7-5-12)20-18(23)21-14-10-16-2-1-3-17(11-14)22(16)15-8-9-15/h4-7,14-17H,1-3,8-11H2,(H2,20,21,23)/t16-,17-/m1/s1. The lowest BCUT2D eigenvalue weighted by Gasteiger charge is -2.49. The number of hydrogen-bond donors (Lipinski definition) is 2. The van der Waals surface area contributed by atoms with Crippen molar-refractivity contribution in [1.29, 1.82) is 0 Å². The van der Waals surface area contributed by atoms with Gasteiger partial charge in [-0.1, -0.05) is 18.0 Å². The van der Waals surface area contributed by atoms with Crippen LogP contribution in [0.1, 0.15) is 44.9 Å². The fourth-order valence-corrected chi connectivity index (χ4v) is 4.80. The second-order valence-electron chi connectivity index (χ2n) is 7.19. The predicted molar refractivity (Wildman–Crippen MR) is 100 cm³/mol. The zero-order valence-electron chi connectivity index (χ0n) is 13.3. The Morgan fingerprint density at radius 3 is 2.26 bits per heavy atom. The molecule has 0 amide bonds. The summed E-state index contributed by atoms with van der Waals surface area (Å²) in [6.07, 6.45) is 9.43. The Morgan fingerprint density at radius 1 is 1.00 bits per heavy atom. The van der Waals surface area contributed by atoms with Gasteiger partial charge in [0.15, 0.2) is 5.11 Å². The number of piperidine rings is 2. The van der Waals surface area contributed by atoms with Crippen LogP contribution in [0.3, 0.4) is 0 Å². The van der Waals surface area contributed by atoms with E-state index in [4.69, 9.17) is 23.8 Å². The number of benzene rings is 1. The molecule has 2 saturated heterocycles. The molecule has 4 rings (SSSR count). The quantitative estimate of drug-likeness (QED) is 0.801. The van der Waals surface area contributed by atoms with Crippen molar-refractivity contribution in [2.75, 3.05) is 5.32 Å². The van der Waals surface area contributed by atoms with Gasteiger partial charge in [0.25, 0.3) is 0 Å². The van der Waals surface area contributed by atoms with E-state index in [0.29, 0.717) is 6.04 Å². The molecule has 0 unspecified atom stereocenters. The van der Waals surface area contributed by atoms with Crippen molar-refractivity contribution < 1.29 is 0 Å². The first-order valence-electron chi connectivity index (χ1n) is 8.79. The first-order chi connectivity index (χ1) is 11.2. The molecule has 0 aromatic heterocycles. The van der Waals surface area contributed by atoms with E-state index in [1.165, 1.54) is 44.9 Å². The summed E-state index contributed by atoms with van der Waals surface area (Å²) in [5.74, 6) is 0. The highest BCUT2D eigenvalue weighted by Crippen LogP contribution is 2.41. The normalized spacial score (nSPS) is 30.7. The minimum atomic E-state index is 0.507. The first kappa shape index (κ1) is 15.7. The highest BCUT2D eigenvalue weighted by molar-refractivity contribution is 7.80. The van der Waals surface area contributed by atoms with Gasteiger partial charge in [0.05, 0.1) is 0 Å². The maximum Gasteiger partial charge on any atom is 0.170 e. The Hall–Kier alpha value is -0.840. The number of anilines is 1. The van der Waals surface area contributed by atoms with Gasteiger partial charge in [0.1, 0.15) is 0 Å². The van der Waals surface area contributed by atoms with Crippen molar-refractivity contribution >= 4 is 34.6 Å². The Morgan fingerprint density at radius 2 is 1.65 bits per heavy atom. The Labute approximate surface area is 148 Å². The monoisotopic (exact) mass is 349 g/mol. The molecular weight excluding hydrogens is 326 g/mol. The number of fused-ring (bicyclic) bond motifs is 2. The number of halogens is 1. The van der Waals surface area contributed by atoms with Crippen LogP contribution in [0, 0.1) is 0 Å². The molecule has 23 heavy (non-hydrogen) atoms. The summed E-state index contributed by atoms with van der Waals surface area (Å²) in [5, 5.41) is 8.30. The smallest absolute Gasteiger partial charge is 0.170 e. The summed E-state index contributed by atoms with van der Waals surface area (Å²) < 4.78 is 0. The van der Waals surface area contributed by atoms with Gasteiger partial charge < -0.3 is 10.6 Å². The zero-order valence-corrected chi connectivity index (χ0v) is 14.9. The summed E-state index contributed by atoms with van der Waals surface area (Å²) in [6.45, 7) is 0. The van der Waals surface area contributed by atoms with Crippen LogP contribution in [0.2, 0.25) is 5.02 Å². The second-order valence-corrected chi connectivity index (χ2v) is 8.04. The molecule has 0 spiro atoms. The van der Waals surface area contributed by atoms with Crippen LogP contribution in [0.4, 0.5) is 5.69 Å². The molecule has 1 aromatic carbocycles. The van der Waals surface area contributed by atoms with Gasteiger partial charge in [0, 0.05) is 34.9 Å². The maximum atomic E-state index is 5.92. The SMILES string of the molecule is S=C(Nc1ccc(Cl)cc1)NC1C[C@H]2CCC[C@H](C1)N2C1CC1. The molecule has 3 fully saturated rings. The molecule has 5 heteroatoms. The molecule has 2 N–H and O–H groups in total. The third kappa shape index (κ3) is 3.65. The lowest BCUT2D eigenvalue weighted by atomic mass is 9.81. The van der Waals surface area contributed by atoms with Gasteiger partial charge in [-0.3, -0.25) is 4.90 Å². The highest BCUT2D eigenvalue weighted by atomic mass is 35.5. The van der Waals surface area contributed by atoms with E-state index < -0.39 is 0 Å². The minimum absolute atomic E-state index is 0.507. The molecule has 1 saturated carbocycles. The van der Waals surface area contributed by atoms with E-state index in [0.717, 1.165) is 33.9 Å². The molecule has 1 aliphatic carbocycles. The predicted octanol–water partition coefficient (Wildman–Crippen LogP) is 4.17. The molecular formula is C18H24ClN3S. The topological polar surface area (TPSA) is 27.3 Å². The highest BCUT2D eigenvalue weighted by Gasteiger charge is 2.44.